The smallest absolute Gasteiger partial charge is 0.256 e. The van der Waals surface area contributed by atoms with Gasteiger partial charge in [-0.05, 0) is 50.0 Å². The molecule has 2 amide bonds. The molecule has 0 radical (unpaired) electrons. The van der Waals surface area contributed by atoms with Crippen molar-refractivity contribution in [3.8, 4) is 0 Å². The third kappa shape index (κ3) is 6.60. The molecule has 1 aliphatic rings. The third-order valence-electron chi connectivity index (χ3n) is 6.47. The first-order valence-corrected chi connectivity index (χ1v) is 11.7. The predicted molar refractivity (Wildman–Crippen MR) is 125 cm³/mol. The van der Waals surface area contributed by atoms with E-state index < -0.39 is 17.5 Å². The Morgan fingerprint density at radius 1 is 1.06 bits per heavy atom. The molecule has 0 spiro atoms. The van der Waals surface area contributed by atoms with Gasteiger partial charge in [0.15, 0.2) is 0 Å². The summed E-state index contributed by atoms with van der Waals surface area (Å²) >= 11 is 0. The molecule has 7 heteroatoms. The van der Waals surface area contributed by atoms with E-state index in [0.717, 1.165) is 31.6 Å². The molecule has 5 nitrogen and oxygen atoms in total. The van der Waals surface area contributed by atoms with Crippen molar-refractivity contribution >= 4 is 11.8 Å². The second-order valence-electron chi connectivity index (χ2n) is 8.50. The van der Waals surface area contributed by atoms with E-state index in [1.807, 2.05) is 18.2 Å². The molecular weight excluding hydrogens is 424 g/mol. The highest BCUT2D eigenvalue weighted by Gasteiger charge is 2.29. The summed E-state index contributed by atoms with van der Waals surface area (Å²) in [5, 5.41) is 3.13. The average Bonchev–Trinajstić information content (AvgIpc) is 2.83. The second kappa shape index (κ2) is 11.9. The monoisotopic (exact) mass is 457 g/mol. The topological polar surface area (TPSA) is 52.7 Å². The molecule has 0 aliphatic carbocycles. The fourth-order valence-corrected chi connectivity index (χ4v) is 4.50. The number of halogens is 2. The van der Waals surface area contributed by atoms with Crippen LogP contribution in [-0.2, 0) is 11.2 Å². The number of rotatable bonds is 9. The molecule has 1 fully saturated rings. The fourth-order valence-electron chi connectivity index (χ4n) is 4.50. The molecule has 1 heterocycles. The van der Waals surface area contributed by atoms with Gasteiger partial charge in [-0.1, -0.05) is 44.2 Å². The highest BCUT2D eigenvalue weighted by atomic mass is 19.1. The summed E-state index contributed by atoms with van der Waals surface area (Å²) in [6.07, 6.45) is 1.91. The van der Waals surface area contributed by atoms with E-state index in [1.54, 1.807) is 0 Å². The second-order valence-corrected chi connectivity index (χ2v) is 8.50. The molecule has 2 aromatic carbocycles. The lowest BCUT2D eigenvalue weighted by atomic mass is 9.95. The minimum atomic E-state index is -0.860. The van der Waals surface area contributed by atoms with Crippen LogP contribution in [0.5, 0.6) is 0 Å². The molecule has 0 saturated carbocycles. The number of benzene rings is 2. The largest absolute Gasteiger partial charge is 0.354 e. The van der Waals surface area contributed by atoms with Crippen LogP contribution >= 0.6 is 0 Å². The van der Waals surface area contributed by atoms with Crippen molar-refractivity contribution in [3.63, 3.8) is 0 Å². The zero-order valence-corrected chi connectivity index (χ0v) is 19.4. The fraction of sp³-hybridized carbons (Fsp3) is 0.462. The Hall–Kier alpha value is -2.80. The van der Waals surface area contributed by atoms with Gasteiger partial charge in [-0.15, -0.1) is 0 Å². The summed E-state index contributed by atoms with van der Waals surface area (Å²) in [7, 11) is 0. The highest BCUT2D eigenvalue weighted by molar-refractivity contribution is 5.94. The minimum Gasteiger partial charge on any atom is -0.354 e. The number of hydrogen-bond donors (Lipinski definition) is 1. The van der Waals surface area contributed by atoms with Crippen molar-refractivity contribution < 1.29 is 18.4 Å². The Kier molecular flexibility index (Phi) is 8.95. The van der Waals surface area contributed by atoms with Crippen molar-refractivity contribution in [2.75, 3.05) is 32.7 Å². The number of carbonyl (C=O) groups is 2. The lowest BCUT2D eigenvalue weighted by Crippen LogP contribution is -2.48. The van der Waals surface area contributed by atoms with Crippen molar-refractivity contribution in [2.24, 2.45) is 5.92 Å². The molecular formula is C26H33F2N3O2. The van der Waals surface area contributed by atoms with E-state index in [-0.39, 0.29) is 23.4 Å². The summed E-state index contributed by atoms with van der Waals surface area (Å²) in [6.45, 7) is 7.37. The summed E-state index contributed by atoms with van der Waals surface area (Å²) < 4.78 is 27.1. The van der Waals surface area contributed by atoms with Gasteiger partial charge >= 0.3 is 0 Å². The van der Waals surface area contributed by atoms with Crippen molar-refractivity contribution in [3.05, 3.63) is 71.3 Å². The first-order chi connectivity index (χ1) is 15.9. The molecule has 1 N–H and O–H groups in total. The summed E-state index contributed by atoms with van der Waals surface area (Å²) in [5.41, 5.74) is 1.10. The zero-order chi connectivity index (χ0) is 23.8. The number of nitrogens with zero attached hydrogens (tertiary/aromatic N) is 2. The molecule has 0 bridgehead atoms. The Morgan fingerprint density at radius 2 is 1.73 bits per heavy atom. The van der Waals surface area contributed by atoms with E-state index in [4.69, 9.17) is 0 Å². The van der Waals surface area contributed by atoms with E-state index >= 15 is 0 Å². The first-order valence-electron chi connectivity index (χ1n) is 11.7. The van der Waals surface area contributed by atoms with Crippen LogP contribution in [0.25, 0.3) is 0 Å². The van der Waals surface area contributed by atoms with Crippen LogP contribution in [0, 0.1) is 17.6 Å². The number of likely N-dealkylation sites (N-methyl/N-ethyl adjacent to an activating group) is 1. The Labute approximate surface area is 194 Å². The molecule has 33 heavy (non-hydrogen) atoms. The maximum Gasteiger partial charge on any atom is 0.256 e. The number of nitrogens with one attached hydrogen (secondary N) is 1. The standard InChI is InChI=1S/C26H33F2N3O2/c1-3-30(4-2)22(16-19-8-6-5-7-9-19)18-29-25(32)20-12-14-31(15-13-20)26(33)23-11-10-21(27)17-24(23)28/h5-11,17,20,22H,3-4,12-16,18H2,1-2H3,(H,29,32)/t22-/m0/s1. The van der Waals surface area contributed by atoms with Gasteiger partial charge in [-0.2, -0.15) is 0 Å². The summed E-state index contributed by atoms with van der Waals surface area (Å²) in [4.78, 5) is 29.3. The lowest BCUT2D eigenvalue weighted by molar-refractivity contribution is -0.126. The van der Waals surface area contributed by atoms with E-state index in [1.165, 1.54) is 16.5 Å². The van der Waals surface area contributed by atoms with Crippen LogP contribution in [0.1, 0.15) is 42.6 Å². The van der Waals surface area contributed by atoms with Gasteiger partial charge in [0, 0.05) is 37.7 Å². The Balaban J connectivity index is 1.53. The summed E-state index contributed by atoms with van der Waals surface area (Å²) in [6, 6.07) is 13.4. The summed E-state index contributed by atoms with van der Waals surface area (Å²) in [5.74, 6) is -2.22. The SMILES string of the molecule is CCN(CC)[C@H](CNC(=O)C1CCN(C(=O)c2ccc(F)cc2F)CC1)Cc1ccccc1. The van der Waals surface area contributed by atoms with Gasteiger partial charge < -0.3 is 10.2 Å². The molecule has 0 aromatic heterocycles. The van der Waals surface area contributed by atoms with Gasteiger partial charge in [0.25, 0.3) is 5.91 Å². The molecule has 178 valence electrons. The number of likely N-dealkylation sites (tertiary alicyclic amines) is 1. The van der Waals surface area contributed by atoms with Crippen molar-refractivity contribution in [2.45, 2.75) is 39.2 Å². The van der Waals surface area contributed by atoms with E-state index in [9.17, 15) is 18.4 Å². The molecule has 1 atom stereocenters. The number of amides is 2. The van der Waals surface area contributed by atoms with Crippen LogP contribution in [0.3, 0.4) is 0 Å². The Morgan fingerprint density at radius 3 is 2.33 bits per heavy atom. The van der Waals surface area contributed by atoms with Gasteiger partial charge in [0.1, 0.15) is 11.6 Å². The maximum absolute atomic E-state index is 14.0. The Bertz CT molecular complexity index is 926. The van der Waals surface area contributed by atoms with Gasteiger partial charge in [0.05, 0.1) is 5.56 Å². The number of piperidine rings is 1. The molecule has 1 aliphatic heterocycles. The quantitative estimate of drug-likeness (QED) is 0.622. The van der Waals surface area contributed by atoms with Crippen LogP contribution < -0.4 is 5.32 Å². The first kappa shape index (κ1) is 24.8. The van der Waals surface area contributed by atoms with Gasteiger partial charge in [0.2, 0.25) is 5.91 Å². The van der Waals surface area contributed by atoms with Crippen LogP contribution in [0.2, 0.25) is 0 Å². The van der Waals surface area contributed by atoms with Crippen molar-refractivity contribution in [1.82, 2.24) is 15.1 Å². The van der Waals surface area contributed by atoms with Gasteiger partial charge in [-0.25, -0.2) is 8.78 Å². The van der Waals surface area contributed by atoms with Crippen LogP contribution in [-0.4, -0.2) is 60.4 Å². The predicted octanol–water partition coefficient (Wildman–Crippen LogP) is 3.89. The molecule has 2 aromatic rings. The van der Waals surface area contributed by atoms with Crippen molar-refractivity contribution in [1.29, 1.82) is 0 Å². The average molecular weight is 458 g/mol. The van der Waals surface area contributed by atoms with Crippen LogP contribution in [0.4, 0.5) is 8.78 Å². The maximum atomic E-state index is 14.0. The lowest BCUT2D eigenvalue weighted by Gasteiger charge is -2.33. The minimum absolute atomic E-state index is 0.000259. The van der Waals surface area contributed by atoms with E-state index in [0.29, 0.717) is 32.5 Å². The normalized spacial score (nSPS) is 15.5. The number of hydrogen-bond acceptors (Lipinski definition) is 3. The van der Waals surface area contributed by atoms with Crippen LogP contribution in [0.15, 0.2) is 48.5 Å². The zero-order valence-electron chi connectivity index (χ0n) is 19.4. The third-order valence-corrected chi connectivity index (χ3v) is 6.47. The van der Waals surface area contributed by atoms with Gasteiger partial charge in [-0.3, -0.25) is 14.5 Å². The molecule has 3 rings (SSSR count). The van der Waals surface area contributed by atoms with E-state index in [2.05, 4.69) is 36.2 Å². The molecule has 1 saturated heterocycles. The highest BCUT2D eigenvalue weighted by Crippen LogP contribution is 2.21. The molecule has 0 unspecified atom stereocenters. The number of carbonyl (C=O) groups excluding carboxylic acids is 2.